The molecule has 1 aliphatic rings. The van der Waals surface area contributed by atoms with Crippen LogP contribution in [0.25, 0.3) is 0 Å². The van der Waals surface area contributed by atoms with Crippen LogP contribution < -0.4 is 0 Å². The average Bonchev–Trinajstić information content (AvgIpc) is 2.17. The zero-order chi connectivity index (χ0) is 8.43. The highest BCUT2D eigenvalue weighted by Crippen LogP contribution is 2.32. The fraction of sp³-hybridized carbons (Fsp3) is 0.556. The fourth-order valence-corrected chi connectivity index (χ4v) is 1.61. The molecular weight excluding hydrogens is 158 g/mol. The van der Waals surface area contributed by atoms with E-state index in [1.165, 1.54) is 0 Å². The van der Waals surface area contributed by atoms with Gasteiger partial charge in [-0.1, -0.05) is 19.6 Å². The Hall–Kier alpha value is -0.430. The molecule has 0 aliphatic carbocycles. The summed E-state index contributed by atoms with van der Waals surface area (Å²) in [5.74, 6) is 0. The number of hydrogen-bond donors (Lipinski definition) is 0. The summed E-state index contributed by atoms with van der Waals surface area (Å²) in [5, 5.41) is 0. The van der Waals surface area contributed by atoms with Gasteiger partial charge in [0.05, 0.1) is 5.70 Å². The molecule has 0 amide bonds. The molecule has 1 nitrogen and oxygen atoms in total. The third-order valence-electron chi connectivity index (χ3n) is 1.92. The molecule has 11 heavy (non-hydrogen) atoms. The van der Waals surface area contributed by atoms with E-state index in [0.29, 0.717) is 6.04 Å². The molecule has 0 radical (unpaired) electrons. The Morgan fingerprint density at radius 1 is 1.82 bits per heavy atom. The Balaban J connectivity index is 2.80. The fourth-order valence-electron chi connectivity index (χ4n) is 1.35. The average molecular weight is 172 g/mol. The van der Waals surface area contributed by atoms with E-state index in [0.717, 1.165) is 24.1 Å². The molecule has 0 aromatic rings. The standard InChI is InChI=1S/C9H14ClN/c1-4-5-9-7(2)6-8(3)11(9)10/h5,8H,2,4,6H2,1,3H3/b9-5+/t8-/m1/s1. The third-order valence-corrected chi connectivity index (χ3v) is 2.43. The summed E-state index contributed by atoms with van der Waals surface area (Å²) in [5.41, 5.74) is 2.27. The zero-order valence-corrected chi connectivity index (χ0v) is 7.86. The third kappa shape index (κ3) is 1.59. The molecule has 2 heteroatoms. The first-order valence-electron chi connectivity index (χ1n) is 4.00. The van der Waals surface area contributed by atoms with Crippen molar-refractivity contribution in [3.05, 3.63) is 23.9 Å². The molecule has 0 aromatic heterocycles. The largest absolute Gasteiger partial charge is 0.282 e. The first kappa shape index (κ1) is 8.66. The molecule has 1 fully saturated rings. The highest BCUT2D eigenvalue weighted by atomic mass is 35.5. The van der Waals surface area contributed by atoms with Crippen molar-refractivity contribution in [3.63, 3.8) is 0 Å². The van der Waals surface area contributed by atoms with Gasteiger partial charge in [-0.2, -0.15) is 0 Å². The van der Waals surface area contributed by atoms with Gasteiger partial charge in [0, 0.05) is 17.8 Å². The maximum atomic E-state index is 6.01. The van der Waals surface area contributed by atoms with Crippen LogP contribution in [-0.2, 0) is 0 Å². The Bertz CT molecular complexity index is 196. The normalized spacial score (nSPS) is 28.6. The van der Waals surface area contributed by atoms with Gasteiger partial charge in [0.25, 0.3) is 0 Å². The van der Waals surface area contributed by atoms with Crippen molar-refractivity contribution in [2.24, 2.45) is 0 Å². The summed E-state index contributed by atoms with van der Waals surface area (Å²) < 4.78 is 1.78. The Morgan fingerprint density at radius 3 is 2.82 bits per heavy atom. The predicted octanol–water partition coefficient (Wildman–Crippen LogP) is 3.08. The summed E-state index contributed by atoms with van der Waals surface area (Å²) in [7, 11) is 0. The first-order chi connectivity index (χ1) is 5.16. The molecule has 0 unspecified atom stereocenters. The van der Waals surface area contributed by atoms with E-state index in [1.54, 1.807) is 4.42 Å². The number of hydrogen-bond acceptors (Lipinski definition) is 1. The van der Waals surface area contributed by atoms with Crippen LogP contribution in [0, 0.1) is 0 Å². The minimum absolute atomic E-state index is 0.405. The highest BCUT2D eigenvalue weighted by molar-refractivity contribution is 6.15. The molecule has 1 saturated heterocycles. The van der Waals surface area contributed by atoms with Gasteiger partial charge in [-0.15, -0.1) is 0 Å². The lowest BCUT2D eigenvalue weighted by molar-refractivity contribution is 0.493. The van der Waals surface area contributed by atoms with E-state index < -0.39 is 0 Å². The second-order valence-electron chi connectivity index (χ2n) is 2.97. The molecule has 0 N–H and O–H groups in total. The Morgan fingerprint density at radius 2 is 2.45 bits per heavy atom. The summed E-state index contributed by atoms with van der Waals surface area (Å²) >= 11 is 6.01. The van der Waals surface area contributed by atoms with Crippen molar-refractivity contribution < 1.29 is 0 Å². The van der Waals surface area contributed by atoms with Gasteiger partial charge in [0.15, 0.2) is 0 Å². The zero-order valence-electron chi connectivity index (χ0n) is 7.10. The molecule has 1 atom stereocenters. The van der Waals surface area contributed by atoms with Gasteiger partial charge in [0.1, 0.15) is 0 Å². The SMILES string of the molecule is C=C1C[C@@H](C)N(Cl)/C1=C/CC. The Kier molecular flexibility index (Phi) is 2.61. The Labute approximate surface area is 73.4 Å². The number of rotatable bonds is 1. The van der Waals surface area contributed by atoms with Crippen LogP contribution in [0.2, 0.25) is 0 Å². The summed E-state index contributed by atoms with van der Waals surface area (Å²) in [4.78, 5) is 0. The molecule has 0 bridgehead atoms. The van der Waals surface area contributed by atoms with Gasteiger partial charge >= 0.3 is 0 Å². The van der Waals surface area contributed by atoms with Gasteiger partial charge in [-0.3, -0.25) is 4.42 Å². The van der Waals surface area contributed by atoms with Gasteiger partial charge in [0.2, 0.25) is 0 Å². The monoisotopic (exact) mass is 171 g/mol. The minimum atomic E-state index is 0.405. The molecule has 0 spiro atoms. The van der Waals surface area contributed by atoms with E-state index in [-0.39, 0.29) is 0 Å². The van der Waals surface area contributed by atoms with Crippen molar-refractivity contribution >= 4 is 11.8 Å². The van der Waals surface area contributed by atoms with Crippen LogP contribution in [0.3, 0.4) is 0 Å². The van der Waals surface area contributed by atoms with Gasteiger partial charge in [-0.25, -0.2) is 0 Å². The van der Waals surface area contributed by atoms with Crippen LogP contribution in [0.4, 0.5) is 0 Å². The van der Waals surface area contributed by atoms with Crippen LogP contribution in [0.15, 0.2) is 23.9 Å². The maximum Gasteiger partial charge on any atom is 0.0513 e. The lowest BCUT2D eigenvalue weighted by Crippen LogP contribution is -2.13. The summed E-state index contributed by atoms with van der Waals surface area (Å²) in [6.07, 6.45) is 4.14. The van der Waals surface area contributed by atoms with Crippen LogP contribution in [0.5, 0.6) is 0 Å². The van der Waals surface area contributed by atoms with E-state index in [2.05, 4.69) is 26.5 Å². The number of allylic oxidation sites excluding steroid dienone is 2. The molecule has 1 aliphatic heterocycles. The van der Waals surface area contributed by atoms with Crippen LogP contribution in [-0.4, -0.2) is 10.5 Å². The minimum Gasteiger partial charge on any atom is -0.282 e. The van der Waals surface area contributed by atoms with Gasteiger partial charge in [-0.05, 0) is 25.3 Å². The van der Waals surface area contributed by atoms with Crippen molar-refractivity contribution in [2.75, 3.05) is 0 Å². The smallest absolute Gasteiger partial charge is 0.0513 e. The van der Waals surface area contributed by atoms with Gasteiger partial charge < -0.3 is 0 Å². The van der Waals surface area contributed by atoms with Crippen LogP contribution >= 0.6 is 11.8 Å². The number of nitrogens with zero attached hydrogens (tertiary/aromatic N) is 1. The molecule has 1 heterocycles. The van der Waals surface area contributed by atoms with E-state index in [1.807, 2.05) is 0 Å². The summed E-state index contributed by atoms with van der Waals surface area (Å²) in [6, 6.07) is 0.405. The maximum absolute atomic E-state index is 6.01. The molecule has 0 saturated carbocycles. The van der Waals surface area contributed by atoms with Crippen LogP contribution in [0.1, 0.15) is 26.7 Å². The second-order valence-corrected chi connectivity index (χ2v) is 3.33. The molecule has 62 valence electrons. The van der Waals surface area contributed by atoms with Crippen molar-refractivity contribution in [1.82, 2.24) is 4.42 Å². The lowest BCUT2D eigenvalue weighted by atomic mass is 10.1. The predicted molar refractivity (Wildman–Crippen MR) is 49.3 cm³/mol. The highest BCUT2D eigenvalue weighted by Gasteiger charge is 2.25. The van der Waals surface area contributed by atoms with Crippen molar-refractivity contribution in [3.8, 4) is 0 Å². The molecule has 0 aromatic carbocycles. The molecular formula is C9H14ClN. The first-order valence-corrected chi connectivity index (χ1v) is 4.34. The van der Waals surface area contributed by atoms with E-state index in [9.17, 15) is 0 Å². The van der Waals surface area contributed by atoms with E-state index in [4.69, 9.17) is 11.8 Å². The summed E-state index contributed by atoms with van der Waals surface area (Å²) in [6.45, 7) is 8.17. The van der Waals surface area contributed by atoms with E-state index >= 15 is 0 Å². The second kappa shape index (κ2) is 3.31. The number of halogens is 1. The van der Waals surface area contributed by atoms with Crippen molar-refractivity contribution in [1.29, 1.82) is 0 Å². The quantitative estimate of drug-likeness (QED) is 0.548. The molecule has 1 rings (SSSR count). The lowest BCUT2D eigenvalue weighted by Gasteiger charge is -2.14. The topological polar surface area (TPSA) is 3.24 Å². The van der Waals surface area contributed by atoms with Crippen molar-refractivity contribution in [2.45, 2.75) is 32.7 Å².